The Morgan fingerprint density at radius 1 is 1.13 bits per heavy atom. The molecule has 158 valence electrons. The van der Waals surface area contributed by atoms with Crippen LogP contribution >= 0.6 is 0 Å². The van der Waals surface area contributed by atoms with Crippen molar-refractivity contribution in [3.8, 4) is 22.6 Å². The molecule has 0 aliphatic heterocycles. The van der Waals surface area contributed by atoms with Crippen LogP contribution in [0.2, 0.25) is 0 Å². The van der Waals surface area contributed by atoms with Crippen molar-refractivity contribution in [3.63, 3.8) is 0 Å². The summed E-state index contributed by atoms with van der Waals surface area (Å²) in [7, 11) is 1.51. The number of pyridine rings is 1. The maximum absolute atomic E-state index is 14.4. The van der Waals surface area contributed by atoms with Gasteiger partial charge in [-0.1, -0.05) is 24.3 Å². The third-order valence-electron chi connectivity index (χ3n) is 4.96. The lowest BCUT2D eigenvalue weighted by Gasteiger charge is -2.09. The number of carboxylic acids is 1. The second-order valence-corrected chi connectivity index (χ2v) is 7.07. The van der Waals surface area contributed by atoms with Crippen molar-refractivity contribution in [1.82, 2.24) is 9.55 Å². The van der Waals surface area contributed by atoms with Crippen LogP contribution in [0.3, 0.4) is 0 Å². The zero-order valence-corrected chi connectivity index (χ0v) is 16.9. The molecule has 0 fully saturated rings. The van der Waals surface area contributed by atoms with E-state index in [1.165, 1.54) is 13.2 Å². The Bertz CT molecular complexity index is 1240. The van der Waals surface area contributed by atoms with E-state index in [-0.39, 0.29) is 12.4 Å². The molecule has 2 aromatic heterocycles. The Balaban J connectivity index is 1.42. The normalized spacial score (nSPS) is 10.9. The molecular weight excluding hydrogens is 399 g/mol. The number of fused-ring (bicyclic) bond motifs is 1. The summed E-state index contributed by atoms with van der Waals surface area (Å²) in [5.41, 5.74) is 2.93. The van der Waals surface area contributed by atoms with Gasteiger partial charge in [-0.2, -0.15) is 0 Å². The van der Waals surface area contributed by atoms with Crippen molar-refractivity contribution in [3.05, 3.63) is 78.4 Å². The summed E-state index contributed by atoms with van der Waals surface area (Å²) in [5, 5.41) is 9.77. The SMILES string of the molecule is COc1ccc(-c2cccc(CCOc3cnc4c(ccn4CC(=O)O)c3)c2)c(F)c1. The van der Waals surface area contributed by atoms with Gasteiger partial charge in [0.05, 0.1) is 19.9 Å². The first-order chi connectivity index (χ1) is 15.0. The average Bonchev–Trinajstić information content (AvgIpc) is 3.15. The van der Waals surface area contributed by atoms with Crippen LogP contribution < -0.4 is 9.47 Å². The number of aromatic nitrogens is 2. The maximum Gasteiger partial charge on any atom is 0.323 e. The summed E-state index contributed by atoms with van der Waals surface area (Å²) < 4.78 is 26.8. The number of ether oxygens (including phenoxy) is 2. The number of carbonyl (C=O) groups is 1. The second kappa shape index (κ2) is 8.87. The molecule has 7 heteroatoms. The van der Waals surface area contributed by atoms with Crippen molar-refractivity contribution >= 4 is 17.0 Å². The van der Waals surface area contributed by atoms with Crippen LogP contribution in [-0.4, -0.2) is 34.3 Å². The van der Waals surface area contributed by atoms with E-state index in [1.54, 1.807) is 29.1 Å². The topological polar surface area (TPSA) is 73.6 Å². The van der Waals surface area contributed by atoms with Crippen LogP contribution in [0.1, 0.15) is 5.56 Å². The van der Waals surface area contributed by atoms with Gasteiger partial charge >= 0.3 is 5.97 Å². The first kappa shape index (κ1) is 20.4. The van der Waals surface area contributed by atoms with Gasteiger partial charge in [0, 0.05) is 29.6 Å². The molecule has 0 radical (unpaired) electrons. The van der Waals surface area contributed by atoms with Crippen LogP contribution in [0.25, 0.3) is 22.2 Å². The summed E-state index contributed by atoms with van der Waals surface area (Å²) in [6.45, 7) is 0.291. The quantitative estimate of drug-likeness (QED) is 0.452. The zero-order valence-electron chi connectivity index (χ0n) is 16.9. The Morgan fingerprint density at radius 2 is 2.00 bits per heavy atom. The Kier molecular flexibility index (Phi) is 5.84. The van der Waals surface area contributed by atoms with Crippen molar-refractivity contribution < 1.29 is 23.8 Å². The molecule has 2 heterocycles. The minimum atomic E-state index is -0.920. The second-order valence-electron chi connectivity index (χ2n) is 7.07. The Hall–Kier alpha value is -3.87. The minimum absolute atomic E-state index is 0.137. The molecule has 0 amide bonds. The monoisotopic (exact) mass is 420 g/mol. The average molecular weight is 420 g/mol. The number of methoxy groups -OCH3 is 1. The van der Waals surface area contributed by atoms with E-state index in [0.717, 1.165) is 16.5 Å². The third-order valence-corrected chi connectivity index (χ3v) is 4.96. The lowest BCUT2D eigenvalue weighted by molar-refractivity contribution is -0.137. The molecule has 31 heavy (non-hydrogen) atoms. The summed E-state index contributed by atoms with van der Waals surface area (Å²) in [4.78, 5) is 15.2. The molecule has 6 nitrogen and oxygen atoms in total. The van der Waals surface area contributed by atoms with Gasteiger partial charge in [-0.25, -0.2) is 9.37 Å². The van der Waals surface area contributed by atoms with Gasteiger partial charge in [0.25, 0.3) is 0 Å². The number of rotatable bonds is 8. The molecule has 1 N–H and O–H groups in total. The molecule has 0 bridgehead atoms. The number of hydrogen-bond acceptors (Lipinski definition) is 4. The Labute approximate surface area is 178 Å². The number of carboxylic acid groups (broad SMARTS) is 1. The van der Waals surface area contributed by atoms with Crippen LogP contribution in [0.15, 0.2) is 67.0 Å². The van der Waals surface area contributed by atoms with E-state index < -0.39 is 5.97 Å². The number of benzene rings is 2. The number of halogens is 1. The van der Waals surface area contributed by atoms with E-state index in [9.17, 15) is 9.18 Å². The fourth-order valence-corrected chi connectivity index (χ4v) is 3.45. The minimum Gasteiger partial charge on any atom is -0.497 e. The highest BCUT2D eigenvalue weighted by Gasteiger charge is 2.09. The molecule has 4 rings (SSSR count). The fourth-order valence-electron chi connectivity index (χ4n) is 3.45. The smallest absolute Gasteiger partial charge is 0.323 e. The highest BCUT2D eigenvalue weighted by Crippen LogP contribution is 2.27. The molecule has 2 aromatic carbocycles. The first-order valence-electron chi connectivity index (χ1n) is 9.76. The van der Waals surface area contributed by atoms with E-state index in [1.807, 2.05) is 36.4 Å². The Morgan fingerprint density at radius 3 is 2.77 bits per heavy atom. The van der Waals surface area contributed by atoms with Crippen molar-refractivity contribution in [1.29, 1.82) is 0 Å². The first-order valence-corrected chi connectivity index (χ1v) is 9.76. The predicted molar refractivity (Wildman–Crippen MR) is 115 cm³/mol. The van der Waals surface area contributed by atoms with Crippen LogP contribution in [0, 0.1) is 5.82 Å². The highest BCUT2D eigenvalue weighted by atomic mass is 19.1. The molecule has 0 saturated heterocycles. The molecule has 0 saturated carbocycles. The molecule has 4 aromatic rings. The lowest BCUT2D eigenvalue weighted by Crippen LogP contribution is -2.08. The number of aliphatic carboxylic acids is 1. The van der Waals surface area contributed by atoms with Crippen LogP contribution in [0.4, 0.5) is 4.39 Å². The largest absolute Gasteiger partial charge is 0.497 e. The molecule has 0 spiro atoms. The van der Waals surface area contributed by atoms with E-state index in [4.69, 9.17) is 14.6 Å². The number of hydrogen-bond donors (Lipinski definition) is 1. The van der Waals surface area contributed by atoms with E-state index >= 15 is 0 Å². The highest BCUT2D eigenvalue weighted by molar-refractivity contribution is 5.79. The summed E-state index contributed by atoms with van der Waals surface area (Å²) >= 11 is 0. The standard InChI is InChI=1S/C24H21FN2O4/c1-30-19-5-6-21(22(25)13-19)17-4-2-3-16(11-17)8-10-31-20-12-18-7-9-27(15-23(28)29)24(18)26-14-20/h2-7,9,11-14H,8,10,15H2,1H3,(H,28,29). The van der Waals surface area contributed by atoms with Crippen LogP contribution in [-0.2, 0) is 17.8 Å². The summed E-state index contributed by atoms with van der Waals surface area (Å²) in [6.07, 6.45) is 3.92. The molecule has 0 unspecified atom stereocenters. The van der Waals surface area contributed by atoms with Crippen molar-refractivity contribution in [2.24, 2.45) is 0 Å². The van der Waals surface area contributed by atoms with E-state index in [2.05, 4.69) is 4.98 Å². The molecular formula is C24H21FN2O4. The van der Waals surface area contributed by atoms with Gasteiger partial charge in [0.1, 0.15) is 29.5 Å². The lowest BCUT2D eigenvalue weighted by atomic mass is 10.0. The van der Waals surface area contributed by atoms with Gasteiger partial charge in [0.15, 0.2) is 0 Å². The van der Waals surface area contributed by atoms with Gasteiger partial charge in [-0.15, -0.1) is 0 Å². The van der Waals surface area contributed by atoms with Crippen molar-refractivity contribution in [2.75, 3.05) is 13.7 Å². The van der Waals surface area contributed by atoms with Gasteiger partial charge < -0.3 is 19.1 Å². The van der Waals surface area contributed by atoms with Crippen molar-refractivity contribution in [2.45, 2.75) is 13.0 Å². The molecule has 0 atom stereocenters. The van der Waals surface area contributed by atoms with Gasteiger partial charge in [-0.05, 0) is 35.4 Å². The van der Waals surface area contributed by atoms with E-state index in [0.29, 0.717) is 35.7 Å². The fraction of sp³-hybridized carbons (Fsp3) is 0.167. The van der Waals surface area contributed by atoms with Gasteiger partial charge in [0.2, 0.25) is 0 Å². The zero-order chi connectivity index (χ0) is 21.8. The number of nitrogens with zero attached hydrogens (tertiary/aromatic N) is 2. The summed E-state index contributed by atoms with van der Waals surface area (Å²) in [5.74, 6) is -0.161. The molecule has 0 aliphatic rings. The van der Waals surface area contributed by atoms with Crippen LogP contribution in [0.5, 0.6) is 11.5 Å². The maximum atomic E-state index is 14.4. The molecule has 0 aliphatic carbocycles. The summed E-state index contributed by atoms with van der Waals surface area (Å²) in [6, 6.07) is 16.2. The van der Waals surface area contributed by atoms with Gasteiger partial charge in [-0.3, -0.25) is 4.79 Å². The predicted octanol–water partition coefficient (Wildman–Crippen LogP) is 4.56. The third kappa shape index (κ3) is 4.66.